The van der Waals surface area contributed by atoms with Gasteiger partial charge in [-0.1, -0.05) is 203 Å². The lowest BCUT2D eigenvalue weighted by Crippen LogP contribution is -2.52. The van der Waals surface area contributed by atoms with E-state index in [4.69, 9.17) is 61.1 Å². The highest BCUT2D eigenvalue weighted by Gasteiger charge is 2.36. The second kappa shape index (κ2) is 47.7. The molecule has 0 radical (unpaired) electrons. The summed E-state index contributed by atoms with van der Waals surface area (Å²) in [5.74, 6) is 2.15. The molecule has 16 rings (SSSR count). The van der Waals surface area contributed by atoms with Gasteiger partial charge in [0.2, 0.25) is 60.8 Å². The Morgan fingerprint density at radius 3 is 0.923 bits per heavy atom. The fourth-order valence-corrected chi connectivity index (χ4v) is 21.0. The number of nitrogens with zero attached hydrogens (tertiary/aromatic N) is 4. The van der Waals surface area contributed by atoms with Crippen molar-refractivity contribution >= 4 is 166 Å². The van der Waals surface area contributed by atoms with Crippen molar-refractivity contribution in [2.24, 2.45) is 0 Å². The van der Waals surface area contributed by atoms with Gasteiger partial charge in [0, 0.05) is 120 Å². The van der Waals surface area contributed by atoms with Crippen LogP contribution in [-0.4, -0.2) is 161 Å². The van der Waals surface area contributed by atoms with Crippen molar-refractivity contribution in [3.63, 3.8) is 0 Å². The van der Waals surface area contributed by atoms with Crippen molar-refractivity contribution in [2.75, 3.05) is 75.0 Å². The number of likely N-dealkylation sites (N-methyl/N-ethyl adjacent to an activating group) is 4. The smallest absolute Gasteiger partial charge is 0.329 e. The van der Waals surface area contributed by atoms with Gasteiger partial charge >= 0.3 is 24.1 Å². The van der Waals surface area contributed by atoms with E-state index >= 15 is 0 Å². The molecule has 12 amide bonds. The number of carbonyl (C=O) groups excluding carboxylic acids is 8. The molecule has 0 saturated heterocycles. The van der Waals surface area contributed by atoms with Crippen LogP contribution in [0.2, 0.25) is 10.0 Å². The number of hydrogen-bond acceptors (Lipinski definition) is 24. The van der Waals surface area contributed by atoms with E-state index in [0.717, 1.165) is 39.9 Å². The molecular weight excluding hydrogens is 2100 g/mol. The first kappa shape index (κ1) is 106. The van der Waals surface area contributed by atoms with E-state index in [1.165, 1.54) is 37.8 Å². The number of ether oxygens (including phenoxy) is 8. The molecule has 4 atom stereocenters. The molecule has 12 aromatic carbocycles. The summed E-state index contributed by atoms with van der Waals surface area (Å²) in [6, 6.07) is 69.9. The zero-order valence-corrected chi connectivity index (χ0v) is 84.9. The van der Waals surface area contributed by atoms with Crippen molar-refractivity contribution in [1.29, 1.82) is 0 Å². The lowest BCUT2D eigenvalue weighted by atomic mass is 10.0. The maximum absolute atomic E-state index is 13.5. The van der Waals surface area contributed by atoms with Crippen LogP contribution in [0.4, 0.5) is 41.9 Å². The molecule has 143 heavy (non-hydrogen) atoms. The lowest BCUT2D eigenvalue weighted by molar-refractivity contribution is -0.120. The highest BCUT2D eigenvalue weighted by Crippen LogP contribution is 2.40. The molecule has 0 fully saturated rings. The Balaban J connectivity index is 0.000000160. The van der Waals surface area contributed by atoms with E-state index in [1.807, 2.05) is 116 Å². The molecule has 8 N–H and O–H groups in total. The molecule has 0 aromatic heterocycles. The largest absolute Gasteiger partial charge is 0.454 e. The van der Waals surface area contributed by atoms with Crippen LogP contribution in [-0.2, 0) is 90.7 Å². The van der Waals surface area contributed by atoms with Gasteiger partial charge in [0.25, 0.3) is 30.1 Å². The van der Waals surface area contributed by atoms with Crippen LogP contribution in [0.1, 0.15) is 38.9 Å². The summed E-state index contributed by atoms with van der Waals surface area (Å²) in [6.45, 7) is 3.79. The molecule has 4 heterocycles. The van der Waals surface area contributed by atoms with E-state index in [0.29, 0.717) is 84.3 Å². The molecule has 0 spiro atoms. The maximum atomic E-state index is 13.5. The summed E-state index contributed by atoms with van der Waals surface area (Å²) >= 11 is 18.2. The van der Waals surface area contributed by atoms with Gasteiger partial charge in [-0.2, -0.15) is 0 Å². The molecule has 0 unspecified atom stereocenters. The number of urea groups is 4. The van der Waals surface area contributed by atoms with Crippen LogP contribution in [0.3, 0.4) is 0 Å². The summed E-state index contributed by atoms with van der Waals surface area (Å²) in [5.41, 5.74) is 7.03. The van der Waals surface area contributed by atoms with Gasteiger partial charge in [0.05, 0.1) is 15.5 Å². The lowest BCUT2D eigenvalue weighted by Gasteiger charge is -2.25. The van der Waals surface area contributed by atoms with Gasteiger partial charge < -0.3 is 78.8 Å². The number of fused-ring (bicyclic) bond motifs is 4. The number of anilines is 4. The number of nitrogens with one attached hydrogen (secondary N) is 8. The molecule has 746 valence electrons. The number of hydrogen-bond donors (Lipinski definition) is 8. The van der Waals surface area contributed by atoms with Gasteiger partial charge in [0.1, 0.15) is 29.1 Å². The standard InChI is InChI=1S/C26H27N3O6S.C25H25N3O6S.C24H21Br2N3O6S.C24H21Cl2N3O6S/c1-17-9-10-18(2)24(13-17)36(32,33)28-26(31)27-21(14-19-7-5-4-6-8-19)25(30)29(3)20-11-12-22-23(15-20)35-16-34-22;1-28(20-12-13-22-23(15-20)34-17-33-22)24(29)21(14-18-8-4-2-5-9-18)26-25(30)27-35(31,32)16-19-10-6-3-7-11-19;1-29(17-8-10-20-21(13-17)35-14-34-20)23(30)19(11-15-5-3-2-4-6-15)27-24(31)28-36(32,33)22-12-16(25)7-9-18(22)26;1-29(18-7-8-21-22(13-18)35-14-34-21)23(30)20(9-15-5-3-2-4-6-15)27-24(31)28-36(32,33)19-11-16(25)10-17(26)12-19/h4-13,15,21H,14,16H2,1-3H3,(H2,27,28,31);2-13,15,21H,14,16-17H2,1H3,(H2,26,27,30);2-10,12-13,19H,11,14H2,1H3,(H2,27,28,31);2-8,10-13,20H,9,14H2,1H3,(H2,27,28,31)/t2*21-;19-;20-/m0000/s1. The average molecular weight is 2190 g/mol. The van der Waals surface area contributed by atoms with E-state index in [-0.39, 0.29) is 87.8 Å². The summed E-state index contributed by atoms with van der Waals surface area (Å²) in [7, 11) is -10.4. The summed E-state index contributed by atoms with van der Waals surface area (Å²) in [5, 5.41) is 10.3. The quantitative estimate of drug-likeness (QED) is 0.0216. The number of aryl methyl sites for hydroxylation is 2. The second-order valence-corrected chi connectivity index (χ2v) is 41.6. The first-order valence-corrected chi connectivity index (χ1v) is 51.8. The van der Waals surface area contributed by atoms with E-state index < -0.39 is 112 Å². The fraction of sp³-hybridized carbons (Fsp3) is 0.192. The minimum Gasteiger partial charge on any atom is -0.454 e. The highest BCUT2D eigenvalue weighted by molar-refractivity contribution is 9.11. The van der Waals surface area contributed by atoms with Crippen molar-refractivity contribution in [3.8, 4) is 46.0 Å². The normalized spacial score (nSPS) is 13.1. The number of benzene rings is 12. The van der Waals surface area contributed by atoms with Gasteiger partial charge in [-0.3, -0.25) is 19.2 Å². The number of rotatable bonds is 29. The molecule has 4 aliphatic heterocycles. The molecule has 0 saturated carbocycles. The molecule has 12 aromatic rings. The van der Waals surface area contributed by atoms with Crippen molar-refractivity contribution in [3.05, 3.63) is 337 Å². The molecule has 0 aliphatic carbocycles. The molecule has 44 heteroatoms. The number of amides is 12. The minimum absolute atomic E-state index is 0.000985. The van der Waals surface area contributed by atoms with Crippen LogP contribution in [0.15, 0.2) is 303 Å². The van der Waals surface area contributed by atoms with Crippen LogP contribution in [0.5, 0.6) is 46.0 Å². The van der Waals surface area contributed by atoms with Crippen LogP contribution < -0.4 is 97.7 Å². The Bertz CT molecular complexity index is 6960. The van der Waals surface area contributed by atoms with E-state index in [9.17, 15) is 72.0 Å². The first-order chi connectivity index (χ1) is 68.2. The van der Waals surface area contributed by atoms with Crippen molar-refractivity contribution < 1.29 is 110 Å². The zero-order valence-electron chi connectivity index (χ0n) is 77.0. The summed E-state index contributed by atoms with van der Waals surface area (Å²) < 4.78 is 153. The zero-order chi connectivity index (χ0) is 102. The molecular formula is C99H94Br2Cl2N12O24S4. The Hall–Kier alpha value is -14.7. The monoisotopic (exact) mass is 2190 g/mol. The van der Waals surface area contributed by atoms with Crippen molar-refractivity contribution in [1.82, 2.24) is 40.2 Å². The summed E-state index contributed by atoms with van der Waals surface area (Å²) in [6.07, 6.45) is 0.583. The third kappa shape index (κ3) is 29.1. The predicted molar refractivity (Wildman–Crippen MR) is 541 cm³/mol. The Morgan fingerprint density at radius 2 is 0.601 bits per heavy atom. The topological polar surface area (TPSA) is 456 Å². The highest BCUT2D eigenvalue weighted by atomic mass is 79.9. The van der Waals surface area contributed by atoms with Gasteiger partial charge in [-0.05, 0) is 160 Å². The van der Waals surface area contributed by atoms with Gasteiger partial charge in [0.15, 0.2) is 46.0 Å². The molecule has 4 aliphatic rings. The Morgan fingerprint density at radius 1 is 0.315 bits per heavy atom. The summed E-state index contributed by atoms with van der Waals surface area (Å²) in [4.78, 5) is 110. The van der Waals surface area contributed by atoms with Crippen molar-refractivity contribution in [2.45, 2.75) is 84.1 Å². The number of carbonyl (C=O) groups is 8. The number of sulfonamides is 4. The molecule has 36 nitrogen and oxygen atoms in total. The Kier molecular flexibility index (Phi) is 35.3. The van der Waals surface area contributed by atoms with Crippen LogP contribution in [0.25, 0.3) is 0 Å². The third-order valence-corrected chi connectivity index (χ3v) is 29.2. The SMILES string of the molecule is CN(C(=O)[C@H](Cc1ccccc1)NC(=O)NS(=O)(=O)Cc1ccccc1)c1ccc2c(c1)OCO2.CN(C(=O)[C@H](Cc1ccccc1)NC(=O)NS(=O)(=O)c1cc(Br)ccc1Br)c1ccc2c(c1)OCO2.CN(C(=O)[C@H](Cc1ccccc1)NC(=O)NS(=O)(=O)c1cc(Cl)cc(Cl)c1)c1ccc2c(c1)OCO2.Cc1ccc(C)c(S(=O)(=O)NC(=O)N[C@@H](Cc2ccccc2)C(=O)N(C)c2ccc3c(c2)OCO3)c1. The fourth-order valence-electron chi connectivity index (χ4n) is 14.6. The maximum Gasteiger partial charge on any atom is 0.329 e. The molecule has 0 bridgehead atoms. The van der Waals surface area contributed by atoms with Crippen LogP contribution >= 0.6 is 55.1 Å². The van der Waals surface area contributed by atoms with E-state index in [2.05, 4.69) is 53.1 Å². The minimum atomic E-state index is -4.31. The third-order valence-electron chi connectivity index (χ3n) is 21.9. The predicted octanol–water partition coefficient (Wildman–Crippen LogP) is 14.3. The number of halogens is 4. The average Bonchev–Trinajstić information content (AvgIpc) is 1.75. The second-order valence-electron chi connectivity index (χ2n) is 32.2. The van der Waals surface area contributed by atoms with Crippen LogP contribution in [0, 0.1) is 13.8 Å². The van der Waals surface area contributed by atoms with E-state index in [1.54, 1.807) is 194 Å². The van der Waals surface area contributed by atoms with Gasteiger partial charge in [-0.25, -0.2) is 71.7 Å². The Labute approximate surface area is 851 Å². The first-order valence-electron chi connectivity index (χ1n) is 43.4. The van der Waals surface area contributed by atoms with Gasteiger partial charge in [-0.15, -0.1) is 0 Å².